The maximum absolute atomic E-state index is 13.6. The number of carboxylic acid groups (broad SMARTS) is 1. The average molecular weight is 315 g/mol. The van der Waals surface area contributed by atoms with Crippen molar-refractivity contribution in [3.8, 4) is 16.9 Å². The molecule has 0 saturated carbocycles. The van der Waals surface area contributed by atoms with E-state index in [0.29, 0.717) is 11.1 Å². The van der Waals surface area contributed by atoms with Gasteiger partial charge in [-0.15, -0.1) is 0 Å². The Morgan fingerprint density at radius 2 is 1.78 bits per heavy atom. The van der Waals surface area contributed by atoms with Gasteiger partial charge in [0.25, 0.3) is 5.69 Å². The van der Waals surface area contributed by atoms with Gasteiger partial charge in [-0.25, -0.2) is 9.18 Å². The third-order valence-electron chi connectivity index (χ3n) is 2.91. The number of hydrogen-bond acceptors (Lipinski definition) is 5. The van der Waals surface area contributed by atoms with E-state index in [9.17, 15) is 19.3 Å². The maximum atomic E-state index is 13.6. The topological polar surface area (TPSA) is 120 Å². The van der Waals surface area contributed by atoms with Crippen LogP contribution in [0.15, 0.2) is 36.4 Å². The number of nitro groups is 1. The molecule has 0 amide bonds. The number of ether oxygens (including phenoxy) is 1. The monoisotopic (exact) mass is 315 g/mol. The number of carbonyl (C=O) groups is 1. The van der Waals surface area contributed by atoms with Crippen molar-refractivity contribution >= 4 is 11.7 Å². The van der Waals surface area contributed by atoms with E-state index in [-0.39, 0.29) is 30.1 Å². The van der Waals surface area contributed by atoms with E-state index in [1.165, 1.54) is 31.4 Å². The summed E-state index contributed by atoms with van der Waals surface area (Å²) in [6, 6.07) is 7.70. The molecule has 23 heavy (non-hydrogen) atoms. The molecule has 0 unspecified atom stereocenters. The van der Waals surface area contributed by atoms with Crippen molar-refractivity contribution in [1.82, 2.24) is 0 Å². The van der Waals surface area contributed by atoms with E-state index in [1.807, 2.05) is 0 Å². The Hall–Kier alpha value is -2.40. The normalized spacial score (nSPS) is 9.30. The van der Waals surface area contributed by atoms with Crippen molar-refractivity contribution in [1.29, 1.82) is 0 Å². The van der Waals surface area contributed by atoms with Crippen LogP contribution in [0.3, 0.4) is 0 Å². The van der Waals surface area contributed by atoms with Gasteiger partial charge in [0.2, 0.25) is 0 Å². The fourth-order valence-corrected chi connectivity index (χ4v) is 1.89. The van der Waals surface area contributed by atoms with Crippen LogP contribution in [0.1, 0.15) is 10.4 Å². The Morgan fingerprint density at radius 1 is 1.22 bits per heavy atom. The first-order valence-corrected chi connectivity index (χ1v) is 5.79. The summed E-state index contributed by atoms with van der Waals surface area (Å²) in [7, 11) is 1.32. The van der Waals surface area contributed by atoms with Crippen LogP contribution in [0.5, 0.6) is 5.75 Å². The Balaban J connectivity index is 0.00000242. The fourth-order valence-electron chi connectivity index (χ4n) is 1.89. The number of benzene rings is 2. The SMILES string of the molecule is COc1ccc(-c2ccc(C(=O)O)c([N+](=O)[O-])c2)cc1F.[Li+].[OH-]. The molecule has 0 atom stereocenters. The Labute approximate surface area is 142 Å². The average Bonchev–Trinajstić information content (AvgIpc) is 2.46. The smallest absolute Gasteiger partial charge is 0.870 e. The van der Waals surface area contributed by atoms with Crippen LogP contribution < -0.4 is 23.6 Å². The molecule has 7 nitrogen and oxygen atoms in total. The molecule has 0 aliphatic rings. The second-order valence-electron chi connectivity index (χ2n) is 4.14. The minimum atomic E-state index is -1.39. The van der Waals surface area contributed by atoms with Gasteiger partial charge in [-0.2, -0.15) is 0 Å². The van der Waals surface area contributed by atoms with Gasteiger partial charge >= 0.3 is 24.8 Å². The van der Waals surface area contributed by atoms with Gasteiger partial charge in [0.1, 0.15) is 5.56 Å². The van der Waals surface area contributed by atoms with Crippen LogP contribution in [0.2, 0.25) is 0 Å². The van der Waals surface area contributed by atoms with Gasteiger partial charge in [-0.05, 0) is 29.3 Å². The molecule has 0 saturated heterocycles. The van der Waals surface area contributed by atoms with Crippen LogP contribution in [0.4, 0.5) is 10.1 Å². The largest absolute Gasteiger partial charge is 1.00 e. The maximum Gasteiger partial charge on any atom is 1.00 e. The van der Waals surface area contributed by atoms with Crippen LogP contribution in [-0.2, 0) is 0 Å². The van der Waals surface area contributed by atoms with Gasteiger partial charge in [0.15, 0.2) is 11.6 Å². The summed E-state index contributed by atoms with van der Waals surface area (Å²) < 4.78 is 18.4. The first-order chi connectivity index (χ1) is 9.93. The summed E-state index contributed by atoms with van der Waals surface area (Å²) in [5.41, 5.74) is -0.240. The minimum absolute atomic E-state index is 0. The molecule has 0 aliphatic carbocycles. The predicted molar refractivity (Wildman–Crippen MR) is 73.9 cm³/mol. The zero-order valence-electron chi connectivity index (χ0n) is 12.3. The molecule has 2 aromatic rings. The Bertz CT molecular complexity index is 737. The summed E-state index contributed by atoms with van der Waals surface area (Å²) in [6.07, 6.45) is 0. The molecular formula is C14H11FLiNO6. The Morgan fingerprint density at radius 3 is 2.26 bits per heavy atom. The molecule has 0 aliphatic heterocycles. The second kappa shape index (κ2) is 8.29. The van der Waals surface area contributed by atoms with Gasteiger partial charge in [0, 0.05) is 6.07 Å². The van der Waals surface area contributed by atoms with Gasteiger partial charge < -0.3 is 15.3 Å². The summed E-state index contributed by atoms with van der Waals surface area (Å²) in [5.74, 6) is -1.95. The van der Waals surface area contributed by atoms with E-state index in [2.05, 4.69) is 0 Å². The van der Waals surface area contributed by atoms with Gasteiger partial charge in [-0.3, -0.25) is 10.1 Å². The first kappa shape index (κ1) is 20.6. The Kier molecular flexibility index (Phi) is 7.42. The molecule has 0 radical (unpaired) electrons. The van der Waals surface area contributed by atoms with Crippen molar-refractivity contribution in [3.05, 3.63) is 57.9 Å². The zero-order chi connectivity index (χ0) is 15.6. The van der Waals surface area contributed by atoms with E-state index in [1.54, 1.807) is 0 Å². The van der Waals surface area contributed by atoms with Crippen LogP contribution in [-0.4, -0.2) is 28.6 Å². The van der Waals surface area contributed by atoms with Crippen LogP contribution in [0.25, 0.3) is 11.1 Å². The van der Waals surface area contributed by atoms with Crippen molar-refractivity contribution in [2.75, 3.05) is 7.11 Å². The zero-order valence-corrected chi connectivity index (χ0v) is 12.3. The summed E-state index contributed by atoms with van der Waals surface area (Å²) in [5, 5.41) is 19.8. The summed E-state index contributed by atoms with van der Waals surface area (Å²) >= 11 is 0. The van der Waals surface area contributed by atoms with E-state index in [0.717, 1.165) is 12.1 Å². The fraction of sp³-hybridized carbons (Fsp3) is 0.0714. The molecule has 2 rings (SSSR count). The van der Waals surface area contributed by atoms with Crippen molar-refractivity contribution < 1.29 is 48.3 Å². The molecule has 0 bridgehead atoms. The second-order valence-corrected chi connectivity index (χ2v) is 4.14. The third kappa shape index (κ3) is 4.29. The van der Waals surface area contributed by atoms with Crippen LogP contribution in [0, 0.1) is 15.9 Å². The summed E-state index contributed by atoms with van der Waals surface area (Å²) in [4.78, 5) is 21.1. The van der Waals surface area contributed by atoms with E-state index < -0.39 is 28.0 Å². The quantitative estimate of drug-likeness (QED) is 0.479. The first-order valence-electron chi connectivity index (χ1n) is 5.79. The molecule has 0 heterocycles. The van der Waals surface area contributed by atoms with Crippen molar-refractivity contribution in [2.24, 2.45) is 0 Å². The van der Waals surface area contributed by atoms with Crippen LogP contribution >= 0.6 is 0 Å². The molecular weight excluding hydrogens is 304 g/mol. The van der Waals surface area contributed by atoms with Crippen molar-refractivity contribution in [3.63, 3.8) is 0 Å². The van der Waals surface area contributed by atoms with Gasteiger partial charge in [0.05, 0.1) is 12.0 Å². The predicted octanol–water partition coefficient (Wildman–Crippen LogP) is -0.0651. The van der Waals surface area contributed by atoms with E-state index in [4.69, 9.17) is 9.84 Å². The third-order valence-corrected chi connectivity index (χ3v) is 2.91. The van der Waals surface area contributed by atoms with E-state index >= 15 is 0 Å². The molecule has 9 heteroatoms. The van der Waals surface area contributed by atoms with Gasteiger partial charge in [-0.1, -0.05) is 12.1 Å². The molecule has 0 fully saturated rings. The number of rotatable bonds is 4. The molecule has 2 aromatic carbocycles. The molecule has 116 valence electrons. The number of halogens is 1. The molecule has 2 N–H and O–H groups in total. The number of aromatic carboxylic acids is 1. The summed E-state index contributed by atoms with van der Waals surface area (Å²) in [6.45, 7) is 0. The number of nitro benzene ring substituents is 1. The number of carboxylic acids is 1. The molecule has 0 aromatic heterocycles. The number of nitrogens with zero attached hydrogens (tertiary/aromatic N) is 1. The number of hydrogen-bond donors (Lipinski definition) is 1. The molecule has 0 spiro atoms. The minimum Gasteiger partial charge on any atom is -0.870 e. The standard InChI is InChI=1S/C14H10FNO5.Li.H2O/c1-21-13-5-3-8(6-11(13)15)9-2-4-10(14(17)18)12(7-9)16(19)20;;/h2-7H,1H3,(H,17,18);;1H2/q;+1;/p-1. The van der Waals surface area contributed by atoms with Crippen molar-refractivity contribution in [2.45, 2.75) is 0 Å². The number of methoxy groups -OCH3 is 1.